The lowest BCUT2D eigenvalue weighted by atomic mass is 10.0. The van der Waals surface area contributed by atoms with Crippen LogP contribution in [-0.4, -0.2) is 11.7 Å². The summed E-state index contributed by atoms with van der Waals surface area (Å²) in [5.41, 5.74) is 2.38. The van der Waals surface area contributed by atoms with Crippen molar-refractivity contribution in [2.75, 3.05) is 5.32 Å². The van der Waals surface area contributed by atoms with Crippen LogP contribution in [0.3, 0.4) is 0 Å². The van der Waals surface area contributed by atoms with Crippen LogP contribution in [0.2, 0.25) is 0 Å². The van der Waals surface area contributed by atoms with E-state index in [-0.39, 0.29) is 11.7 Å². The fourth-order valence-corrected chi connectivity index (χ4v) is 3.56. The SMILES string of the molecule is O=C(c1ccccc1)c1ccc(NC(=O)c2ccc(Br)cc2Br)cc1. The third-order valence-corrected chi connectivity index (χ3v) is 4.77. The molecule has 3 rings (SSSR count). The van der Waals surface area contributed by atoms with Gasteiger partial charge in [0.15, 0.2) is 5.78 Å². The highest BCUT2D eigenvalue weighted by Gasteiger charge is 2.12. The van der Waals surface area contributed by atoms with Crippen LogP contribution in [0.1, 0.15) is 26.3 Å². The summed E-state index contributed by atoms with van der Waals surface area (Å²) in [7, 11) is 0. The Bertz CT molecular complexity index is 922. The molecule has 0 unspecified atom stereocenters. The number of amides is 1. The van der Waals surface area contributed by atoms with E-state index in [0.29, 0.717) is 26.9 Å². The molecule has 0 spiro atoms. The smallest absolute Gasteiger partial charge is 0.256 e. The Hall–Kier alpha value is -2.24. The van der Waals surface area contributed by atoms with E-state index < -0.39 is 0 Å². The van der Waals surface area contributed by atoms with Crippen molar-refractivity contribution < 1.29 is 9.59 Å². The Morgan fingerprint density at radius 1 is 0.760 bits per heavy atom. The van der Waals surface area contributed by atoms with Gasteiger partial charge in [-0.2, -0.15) is 0 Å². The molecule has 0 aromatic heterocycles. The number of carbonyl (C=O) groups is 2. The van der Waals surface area contributed by atoms with Crippen molar-refractivity contribution in [3.8, 4) is 0 Å². The number of hydrogen-bond acceptors (Lipinski definition) is 2. The first-order chi connectivity index (χ1) is 12.0. The topological polar surface area (TPSA) is 46.2 Å². The van der Waals surface area contributed by atoms with Gasteiger partial charge in [0.2, 0.25) is 0 Å². The first-order valence-corrected chi connectivity index (χ1v) is 9.09. The zero-order valence-corrected chi connectivity index (χ0v) is 16.2. The van der Waals surface area contributed by atoms with E-state index in [1.165, 1.54) is 0 Å². The number of anilines is 1. The van der Waals surface area contributed by atoms with Crippen LogP contribution in [0, 0.1) is 0 Å². The number of nitrogens with one attached hydrogen (secondary N) is 1. The number of ketones is 1. The molecule has 3 aromatic rings. The van der Waals surface area contributed by atoms with Gasteiger partial charge in [-0.15, -0.1) is 0 Å². The minimum Gasteiger partial charge on any atom is -0.322 e. The van der Waals surface area contributed by atoms with Crippen molar-refractivity contribution in [2.45, 2.75) is 0 Å². The van der Waals surface area contributed by atoms with Gasteiger partial charge in [-0.3, -0.25) is 9.59 Å². The summed E-state index contributed by atoms with van der Waals surface area (Å²) < 4.78 is 1.59. The second-order valence-corrected chi connectivity index (χ2v) is 7.12. The van der Waals surface area contributed by atoms with Gasteiger partial charge in [-0.05, 0) is 58.4 Å². The van der Waals surface area contributed by atoms with Crippen molar-refractivity contribution in [1.82, 2.24) is 0 Å². The molecule has 124 valence electrons. The quantitative estimate of drug-likeness (QED) is 0.510. The maximum Gasteiger partial charge on any atom is 0.256 e. The molecule has 0 aliphatic heterocycles. The number of carbonyl (C=O) groups excluding carboxylic acids is 2. The molecule has 0 fully saturated rings. The minimum atomic E-state index is -0.221. The van der Waals surface area contributed by atoms with Gasteiger partial charge in [-0.1, -0.05) is 46.3 Å². The predicted octanol–water partition coefficient (Wildman–Crippen LogP) is 5.69. The normalized spacial score (nSPS) is 10.3. The second kappa shape index (κ2) is 7.76. The molecule has 0 aliphatic carbocycles. The first-order valence-electron chi connectivity index (χ1n) is 7.51. The van der Waals surface area contributed by atoms with E-state index >= 15 is 0 Å². The van der Waals surface area contributed by atoms with Gasteiger partial charge in [0.1, 0.15) is 0 Å². The van der Waals surface area contributed by atoms with E-state index in [1.807, 2.05) is 24.3 Å². The Kier molecular flexibility index (Phi) is 5.46. The summed E-state index contributed by atoms with van der Waals surface area (Å²) in [5, 5.41) is 2.83. The highest BCUT2D eigenvalue weighted by atomic mass is 79.9. The number of hydrogen-bond donors (Lipinski definition) is 1. The fraction of sp³-hybridized carbons (Fsp3) is 0. The Morgan fingerprint density at radius 2 is 1.40 bits per heavy atom. The van der Waals surface area contributed by atoms with Gasteiger partial charge in [0.25, 0.3) is 5.91 Å². The van der Waals surface area contributed by atoms with Gasteiger partial charge in [0.05, 0.1) is 5.56 Å². The first kappa shape index (κ1) is 17.6. The molecule has 0 bridgehead atoms. The molecular weight excluding hydrogens is 446 g/mol. The van der Waals surface area contributed by atoms with Crippen LogP contribution in [-0.2, 0) is 0 Å². The van der Waals surface area contributed by atoms with Crippen molar-refractivity contribution in [3.05, 3.63) is 98.4 Å². The third-order valence-electron chi connectivity index (χ3n) is 3.62. The molecule has 0 atom stereocenters. The van der Waals surface area contributed by atoms with Crippen molar-refractivity contribution in [2.24, 2.45) is 0 Å². The predicted molar refractivity (Wildman–Crippen MR) is 106 cm³/mol. The van der Waals surface area contributed by atoms with Crippen molar-refractivity contribution in [3.63, 3.8) is 0 Å². The summed E-state index contributed by atoms with van der Waals surface area (Å²) in [6, 6.07) is 21.3. The minimum absolute atomic E-state index is 0.0471. The molecule has 0 saturated carbocycles. The van der Waals surface area contributed by atoms with E-state index in [4.69, 9.17) is 0 Å². The number of rotatable bonds is 4. The number of halogens is 2. The van der Waals surface area contributed by atoms with Gasteiger partial charge < -0.3 is 5.32 Å². The average molecular weight is 459 g/mol. The second-order valence-electron chi connectivity index (χ2n) is 5.35. The lowest BCUT2D eigenvalue weighted by molar-refractivity contribution is 0.102. The fourth-order valence-electron chi connectivity index (χ4n) is 2.33. The highest BCUT2D eigenvalue weighted by Crippen LogP contribution is 2.23. The Labute approximate surface area is 162 Å². The van der Waals surface area contributed by atoms with Gasteiger partial charge in [0, 0.05) is 25.8 Å². The summed E-state index contributed by atoms with van der Waals surface area (Å²) >= 11 is 6.74. The molecule has 3 nitrogen and oxygen atoms in total. The number of benzene rings is 3. The molecule has 0 saturated heterocycles. The standard InChI is InChI=1S/C20H13Br2NO2/c21-15-8-11-17(18(22)12-15)20(25)23-16-9-6-14(7-10-16)19(24)13-4-2-1-3-5-13/h1-12H,(H,23,25). The molecule has 0 aliphatic rings. The monoisotopic (exact) mass is 457 g/mol. The zero-order valence-electron chi connectivity index (χ0n) is 13.0. The van der Waals surface area contributed by atoms with Crippen LogP contribution < -0.4 is 5.32 Å². The summed E-state index contributed by atoms with van der Waals surface area (Å²) in [6.45, 7) is 0. The lowest BCUT2D eigenvalue weighted by Crippen LogP contribution is -2.12. The van der Waals surface area contributed by atoms with E-state index in [9.17, 15) is 9.59 Å². The van der Waals surface area contributed by atoms with Gasteiger partial charge in [-0.25, -0.2) is 0 Å². The Morgan fingerprint density at radius 3 is 2.04 bits per heavy atom. The van der Waals surface area contributed by atoms with E-state index in [2.05, 4.69) is 37.2 Å². The van der Waals surface area contributed by atoms with Gasteiger partial charge >= 0.3 is 0 Å². The summed E-state index contributed by atoms with van der Waals surface area (Å²) in [4.78, 5) is 24.7. The molecule has 3 aromatic carbocycles. The van der Waals surface area contributed by atoms with Crippen LogP contribution >= 0.6 is 31.9 Å². The van der Waals surface area contributed by atoms with E-state index in [0.717, 1.165) is 4.47 Å². The van der Waals surface area contributed by atoms with Crippen molar-refractivity contribution in [1.29, 1.82) is 0 Å². The van der Waals surface area contributed by atoms with Crippen molar-refractivity contribution >= 4 is 49.2 Å². The van der Waals surface area contributed by atoms with Crippen LogP contribution in [0.25, 0.3) is 0 Å². The van der Waals surface area contributed by atoms with Crippen LogP contribution in [0.5, 0.6) is 0 Å². The lowest BCUT2D eigenvalue weighted by Gasteiger charge is -2.08. The van der Waals surface area contributed by atoms with E-state index in [1.54, 1.807) is 48.5 Å². The summed E-state index contributed by atoms with van der Waals surface area (Å²) in [5.74, 6) is -0.268. The molecule has 25 heavy (non-hydrogen) atoms. The zero-order chi connectivity index (χ0) is 17.8. The summed E-state index contributed by atoms with van der Waals surface area (Å²) in [6.07, 6.45) is 0. The largest absolute Gasteiger partial charge is 0.322 e. The average Bonchev–Trinajstić information content (AvgIpc) is 2.62. The third kappa shape index (κ3) is 4.24. The molecule has 1 amide bonds. The molecule has 5 heteroatoms. The molecule has 0 heterocycles. The molecule has 0 radical (unpaired) electrons. The Balaban J connectivity index is 1.74. The van der Waals surface area contributed by atoms with Crippen LogP contribution in [0.15, 0.2) is 81.7 Å². The van der Waals surface area contributed by atoms with Crippen LogP contribution in [0.4, 0.5) is 5.69 Å². The molecular formula is C20H13Br2NO2. The highest BCUT2D eigenvalue weighted by molar-refractivity contribution is 9.11. The molecule has 1 N–H and O–H groups in total. The maximum atomic E-state index is 12.4. The maximum absolute atomic E-state index is 12.4.